The van der Waals surface area contributed by atoms with E-state index >= 15 is 0 Å². The summed E-state index contributed by atoms with van der Waals surface area (Å²) in [5.41, 5.74) is 3.73. The van der Waals surface area contributed by atoms with Crippen molar-refractivity contribution in [2.75, 3.05) is 6.61 Å². The number of carbonyl (C=O) groups is 1. The van der Waals surface area contributed by atoms with Gasteiger partial charge in [-0.1, -0.05) is 29.3 Å². The normalized spacial score (nSPS) is 9.93. The van der Waals surface area contributed by atoms with Gasteiger partial charge in [-0.3, -0.25) is 4.79 Å². The molecule has 0 saturated heterocycles. The molecule has 2 heteroatoms. The Morgan fingerprint density at radius 2 is 1.79 bits per heavy atom. The lowest BCUT2D eigenvalue weighted by atomic mass is 10.1. The maximum Gasteiger partial charge on any atom is 0.302 e. The molecule has 0 amide bonds. The maximum absolute atomic E-state index is 10.5. The quantitative estimate of drug-likeness (QED) is 0.687. The van der Waals surface area contributed by atoms with Crippen LogP contribution in [0.4, 0.5) is 0 Å². The van der Waals surface area contributed by atoms with Crippen molar-refractivity contribution in [3.05, 3.63) is 34.9 Å². The minimum absolute atomic E-state index is 0.214. The van der Waals surface area contributed by atoms with Gasteiger partial charge in [0, 0.05) is 13.3 Å². The summed E-state index contributed by atoms with van der Waals surface area (Å²) in [7, 11) is 0. The van der Waals surface area contributed by atoms with Crippen LogP contribution in [-0.2, 0) is 16.0 Å². The molecule has 14 heavy (non-hydrogen) atoms. The van der Waals surface area contributed by atoms with Crippen molar-refractivity contribution in [2.45, 2.75) is 27.2 Å². The Morgan fingerprint density at radius 1 is 1.21 bits per heavy atom. The number of carbonyl (C=O) groups excluding carboxylic acids is 1. The average Bonchev–Trinajstić information content (AvgIpc) is 2.01. The number of benzene rings is 1. The third-order valence-electron chi connectivity index (χ3n) is 1.98. The third kappa shape index (κ3) is 3.60. The summed E-state index contributed by atoms with van der Waals surface area (Å²) in [4.78, 5) is 10.5. The molecule has 76 valence electrons. The van der Waals surface area contributed by atoms with Crippen LogP contribution in [0.1, 0.15) is 23.6 Å². The first kappa shape index (κ1) is 10.8. The number of rotatable bonds is 3. The molecule has 0 aliphatic carbocycles. The second-order valence-electron chi connectivity index (χ2n) is 3.59. The zero-order valence-corrected chi connectivity index (χ0v) is 8.96. The molecule has 0 heterocycles. The molecule has 1 rings (SSSR count). The van der Waals surface area contributed by atoms with E-state index in [0.717, 1.165) is 6.42 Å². The smallest absolute Gasteiger partial charge is 0.302 e. The van der Waals surface area contributed by atoms with Gasteiger partial charge in [-0.05, 0) is 19.4 Å². The monoisotopic (exact) mass is 192 g/mol. The zero-order chi connectivity index (χ0) is 10.6. The van der Waals surface area contributed by atoms with Gasteiger partial charge in [0.2, 0.25) is 0 Å². The second-order valence-corrected chi connectivity index (χ2v) is 3.59. The molecule has 0 saturated carbocycles. The highest BCUT2D eigenvalue weighted by atomic mass is 16.5. The number of aryl methyl sites for hydroxylation is 2. The van der Waals surface area contributed by atoms with Crippen LogP contribution < -0.4 is 0 Å². The molecule has 2 nitrogen and oxygen atoms in total. The van der Waals surface area contributed by atoms with Gasteiger partial charge in [0.1, 0.15) is 0 Å². The molecule has 0 radical (unpaired) electrons. The van der Waals surface area contributed by atoms with Gasteiger partial charge in [0.05, 0.1) is 6.61 Å². The fourth-order valence-electron chi connectivity index (χ4n) is 1.53. The van der Waals surface area contributed by atoms with Gasteiger partial charge < -0.3 is 4.74 Å². The Kier molecular flexibility index (Phi) is 3.69. The topological polar surface area (TPSA) is 26.3 Å². The van der Waals surface area contributed by atoms with Gasteiger partial charge in [-0.25, -0.2) is 0 Å². The summed E-state index contributed by atoms with van der Waals surface area (Å²) in [6.45, 7) is 6.05. The average molecular weight is 192 g/mol. The van der Waals surface area contributed by atoms with Crippen LogP contribution in [0.25, 0.3) is 0 Å². The Balaban J connectivity index is 2.54. The number of esters is 1. The molecule has 1 aromatic carbocycles. The van der Waals surface area contributed by atoms with Crippen molar-refractivity contribution in [3.63, 3.8) is 0 Å². The summed E-state index contributed by atoms with van der Waals surface area (Å²) in [5, 5.41) is 0. The lowest BCUT2D eigenvalue weighted by Gasteiger charge is -2.05. The molecule has 0 spiro atoms. The summed E-state index contributed by atoms with van der Waals surface area (Å²) < 4.78 is 4.89. The Hall–Kier alpha value is -1.31. The Labute approximate surface area is 84.9 Å². The van der Waals surface area contributed by atoms with E-state index in [1.165, 1.54) is 23.6 Å². The van der Waals surface area contributed by atoms with E-state index in [-0.39, 0.29) is 5.97 Å². The molecule has 0 atom stereocenters. The van der Waals surface area contributed by atoms with Crippen LogP contribution >= 0.6 is 0 Å². The van der Waals surface area contributed by atoms with Crippen LogP contribution in [-0.4, -0.2) is 12.6 Å². The van der Waals surface area contributed by atoms with Crippen molar-refractivity contribution < 1.29 is 9.53 Å². The van der Waals surface area contributed by atoms with E-state index in [0.29, 0.717) is 6.61 Å². The molecule has 0 bridgehead atoms. The fourth-order valence-corrected chi connectivity index (χ4v) is 1.53. The second kappa shape index (κ2) is 4.80. The number of hydrogen-bond donors (Lipinski definition) is 0. The van der Waals surface area contributed by atoms with Gasteiger partial charge in [-0.2, -0.15) is 0 Å². The lowest BCUT2D eigenvalue weighted by Crippen LogP contribution is -2.03. The van der Waals surface area contributed by atoms with Crippen LogP contribution in [0.2, 0.25) is 0 Å². The molecule has 0 aliphatic heterocycles. The Bertz CT molecular complexity index is 309. The molecule has 1 aromatic rings. The number of hydrogen-bond acceptors (Lipinski definition) is 2. The summed E-state index contributed by atoms with van der Waals surface area (Å²) in [6, 6.07) is 6.38. The minimum atomic E-state index is -0.214. The van der Waals surface area contributed by atoms with Gasteiger partial charge >= 0.3 is 5.97 Å². The number of ether oxygens (including phenoxy) is 1. The highest BCUT2D eigenvalue weighted by molar-refractivity contribution is 5.65. The van der Waals surface area contributed by atoms with E-state index in [9.17, 15) is 4.79 Å². The van der Waals surface area contributed by atoms with Crippen molar-refractivity contribution >= 4 is 5.97 Å². The minimum Gasteiger partial charge on any atom is -0.466 e. The predicted molar refractivity (Wildman–Crippen MR) is 56.3 cm³/mol. The van der Waals surface area contributed by atoms with Crippen molar-refractivity contribution in [3.8, 4) is 0 Å². The summed E-state index contributed by atoms with van der Waals surface area (Å²) in [5.74, 6) is -0.214. The largest absolute Gasteiger partial charge is 0.466 e. The Morgan fingerprint density at radius 3 is 2.29 bits per heavy atom. The van der Waals surface area contributed by atoms with E-state index in [2.05, 4.69) is 32.0 Å². The van der Waals surface area contributed by atoms with E-state index < -0.39 is 0 Å². The van der Waals surface area contributed by atoms with Crippen LogP contribution in [0.15, 0.2) is 18.2 Å². The molecule has 0 fully saturated rings. The van der Waals surface area contributed by atoms with Crippen LogP contribution in [0.5, 0.6) is 0 Å². The van der Waals surface area contributed by atoms with Gasteiger partial charge in [-0.15, -0.1) is 0 Å². The van der Waals surface area contributed by atoms with Crippen molar-refractivity contribution in [1.82, 2.24) is 0 Å². The van der Waals surface area contributed by atoms with Crippen LogP contribution in [0, 0.1) is 13.8 Å². The van der Waals surface area contributed by atoms with E-state index in [1.807, 2.05) is 0 Å². The highest BCUT2D eigenvalue weighted by Crippen LogP contribution is 2.09. The van der Waals surface area contributed by atoms with Crippen molar-refractivity contribution in [2.24, 2.45) is 0 Å². The fraction of sp³-hybridized carbons (Fsp3) is 0.417. The first-order chi connectivity index (χ1) is 6.58. The first-order valence-corrected chi connectivity index (χ1v) is 4.78. The molecule has 0 aliphatic rings. The maximum atomic E-state index is 10.5. The summed E-state index contributed by atoms with van der Waals surface area (Å²) in [6.07, 6.45) is 0.794. The van der Waals surface area contributed by atoms with E-state index in [1.54, 1.807) is 0 Å². The molecule has 0 aromatic heterocycles. The van der Waals surface area contributed by atoms with Gasteiger partial charge in [0.25, 0.3) is 0 Å². The predicted octanol–water partition coefficient (Wildman–Crippen LogP) is 2.41. The molecule has 0 unspecified atom stereocenters. The zero-order valence-electron chi connectivity index (χ0n) is 8.96. The van der Waals surface area contributed by atoms with E-state index in [4.69, 9.17) is 4.74 Å². The molecule has 0 N–H and O–H groups in total. The third-order valence-corrected chi connectivity index (χ3v) is 1.98. The first-order valence-electron chi connectivity index (χ1n) is 4.78. The van der Waals surface area contributed by atoms with Gasteiger partial charge in [0.15, 0.2) is 0 Å². The van der Waals surface area contributed by atoms with Crippen LogP contribution in [0.3, 0.4) is 0 Å². The SMILES string of the molecule is CC(=O)OCCc1cc(C)cc(C)c1. The van der Waals surface area contributed by atoms with Crippen molar-refractivity contribution in [1.29, 1.82) is 0 Å². The lowest BCUT2D eigenvalue weighted by molar-refractivity contribution is -0.140. The standard InChI is InChI=1S/C12H16O2/c1-9-6-10(2)8-12(7-9)4-5-14-11(3)13/h6-8H,4-5H2,1-3H3. The summed E-state index contributed by atoms with van der Waals surface area (Å²) >= 11 is 0. The molecular formula is C12H16O2. The highest BCUT2D eigenvalue weighted by Gasteiger charge is 1.97. The molecular weight excluding hydrogens is 176 g/mol.